The average Bonchev–Trinajstić information content (AvgIpc) is 2.48. The van der Waals surface area contributed by atoms with E-state index in [0.29, 0.717) is 12.0 Å². The van der Waals surface area contributed by atoms with Gasteiger partial charge in [0.05, 0.1) is 0 Å². The van der Waals surface area contributed by atoms with Gasteiger partial charge in [-0.1, -0.05) is 65.5 Å². The van der Waals surface area contributed by atoms with Gasteiger partial charge in [-0.2, -0.15) is 0 Å². The third kappa shape index (κ3) is 4.34. The second-order valence-electron chi connectivity index (χ2n) is 7.30. The largest absolute Gasteiger partial charge is 0.396 e. The molecule has 2 rings (SSSR count). The zero-order chi connectivity index (χ0) is 15.9. The third-order valence-electron chi connectivity index (χ3n) is 6.13. The molecule has 21 heavy (non-hydrogen) atoms. The van der Waals surface area contributed by atoms with Gasteiger partial charge in [0.25, 0.3) is 0 Å². The minimum absolute atomic E-state index is 0.350. The highest BCUT2D eigenvalue weighted by atomic mass is 16.2. The zero-order valence-electron chi connectivity index (χ0n) is 15.0. The molecule has 2 fully saturated rings. The van der Waals surface area contributed by atoms with Crippen LogP contribution in [0.5, 0.6) is 0 Å². The van der Waals surface area contributed by atoms with Crippen molar-refractivity contribution in [3.8, 4) is 0 Å². The van der Waals surface area contributed by atoms with E-state index in [1.165, 1.54) is 56.9 Å². The fourth-order valence-corrected chi connectivity index (χ4v) is 5.04. The molecular weight excluding hydrogens is 256 g/mol. The summed E-state index contributed by atoms with van der Waals surface area (Å²) in [5, 5.41) is 8.91. The monoisotopic (exact) mass is 294 g/mol. The average molecular weight is 295 g/mol. The molecule has 0 aliphatic heterocycles. The third-order valence-corrected chi connectivity index (χ3v) is 6.13. The second-order valence-corrected chi connectivity index (χ2v) is 7.30. The number of hydrogen-bond donors (Lipinski definition) is 1. The van der Waals surface area contributed by atoms with Crippen LogP contribution in [-0.2, 0) is 0 Å². The van der Waals surface area contributed by atoms with Crippen molar-refractivity contribution in [3.63, 3.8) is 0 Å². The number of hydrogen-bond acceptors (Lipinski definition) is 1. The Morgan fingerprint density at radius 2 is 1.90 bits per heavy atom. The minimum Gasteiger partial charge on any atom is -0.396 e. The lowest BCUT2D eigenvalue weighted by atomic mass is 9.51. The van der Waals surface area contributed by atoms with E-state index in [1.807, 2.05) is 13.8 Å². The standard InChI is InChI=1S/C18H32O.C2H6/c1-14-8-7-12-18(3)16(9-5-4-6-13-19)15(2)10-11-17(14)18;1-2/h14,16-17,19H,2,4-13H2,1,3H3;1-2H3. The first-order valence-electron chi connectivity index (χ1n) is 9.38. The number of rotatable bonds is 5. The number of aliphatic hydroxyl groups is 1. The summed E-state index contributed by atoms with van der Waals surface area (Å²) in [6, 6.07) is 0. The molecular formula is C20H38O. The normalized spacial score (nSPS) is 35.7. The van der Waals surface area contributed by atoms with E-state index in [1.54, 1.807) is 0 Å². The Kier molecular flexibility index (Phi) is 8.02. The molecule has 1 N–H and O–H groups in total. The van der Waals surface area contributed by atoms with Crippen LogP contribution >= 0.6 is 0 Å². The Morgan fingerprint density at radius 3 is 2.57 bits per heavy atom. The lowest BCUT2D eigenvalue weighted by molar-refractivity contribution is -0.00737. The molecule has 0 aromatic rings. The predicted molar refractivity (Wildman–Crippen MR) is 93.4 cm³/mol. The topological polar surface area (TPSA) is 20.2 Å². The highest BCUT2D eigenvalue weighted by Gasteiger charge is 2.48. The number of aliphatic hydroxyl groups excluding tert-OH is 1. The quantitative estimate of drug-likeness (QED) is 0.489. The van der Waals surface area contributed by atoms with Crippen molar-refractivity contribution < 1.29 is 5.11 Å². The summed E-state index contributed by atoms with van der Waals surface area (Å²) in [5.74, 6) is 2.58. The van der Waals surface area contributed by atoms with Crippen LogP contribution in [0.1, 0.15) is 85.5 Å². The molecule has 4 unspecified atom stereocenters. The van der Waals surface area contributed by atoms with Crippen molar-refractivity contribution >= 4 is 0 Å². The van der Waals surface area contributed by atoms with Crippen molar-refractivity contribution in [2.24, 2.45) is 23.2 Å². The molecule has 0 aromatic carbocycles. The van der Waals surface area contributed by atoms with Crippen LogP contribution in [0.25, 0.3) is 0 Å². The van der Waals surface area contributed by atoms with Crippen molar-refractivity contribution in [2.75, 3.05) is 6.61 Å². The molecule has 0 bridgehead atoms. The maximum absolute atomic E-state index is 8.91. The lowest BCUT2D eigenvalue weighted by Gasteiger charge is -2.54. The van der Waals surface area contributed by atoms with Crippen molar-refractivity contribution in [2.45, 2.75) is 85.5 Å². The van der Waals surface area contributed by atoms with Gasteiger partial charge in [0, 0.05) is 6.61 Å². The molecule has 0 aromatic heterocycles. The van der Waals surface area contributed by atoms with Gasteiger partial charge in [0.2, 0.25) is 0 Å². The van der Waals surface area contributed by atoms with E-state index in [4.69, 9.17) is 5.11 Å². The fraction of sp³-hybridized carbons (Fsp3) is 0.900. The molecule has 2 aliphatic carbocycles. The number of unbranched alkanes of at least 4 members (excludes halogenated alkanes) is 2. The van der Waals surface area contributed by atoms with Crippen molar-refractivity contribution in [1.82, 2.24) is 0 Å². The summed E-state index contributed by atoms with van der Waals surface area (Å²) < 4.78 is 0. The second kappa shape index (κ2) is 8.98. The van der Waals surface area contributed by atoms with Crippen LogP contribution in [-0.4, -0.2) is 11.7 Å². The van der Waals surface area contributed by atoms with Gasteiger partial charge < -0.3 is 5.11 Å². The van der Waals surface area contributed by atoms with E-state index in [2.05, 4.69) is 20.4 Å². The van der Waals surface area contributed by atoms with E-state index in [9.17, 15) is 0 Å². The summed E-state index contributed by atoms with van der Waals surface area (Å²) in [4.78, 5) is 0. The van der Waals surface area contributed by atoms with Crippen LogP contribution in [0.4, 0.5) is 0 Å². The summed E-state index contributed by atoms with van der Waals surface area (Å²) in [6.07, 6.45) is 11.6. The van der Waals surface area contributed by atoms with E-state index >= 15 is 0 Å². The summed E-state index contributed by atoms with van der Waals surface area (Å²) >= 11 is 0. The van der Waals surface area contributed by atoms with E-state index in [-0.39, 0.29) is 0 Å². The molecule has 0 heterocycles. The molecule has 124 valence electrons. The van der Waals surface area contributed by atoms with Crippen LogP contribution in [0.15, 0.2) is 12.2 Å². The summed E-state index contributed by atoms with van der Waals surface area (Å²) in [6.45, 7) is 13.8. The van der Waals surface area contributed by atoms with Gasteiger partial charge >= 0.3 is 0 Å². The van der Waals surface area contributed by atoms with Gasteiger partial charge in [-0.05, 0) is 55.3 Å². The van der Waals surface area contributed by atoms with Gasteiger partial charge in [-0.3, -0.25) is 0 Å². The SMILES string of the molecule is C=C1CCC2C(C)CCCC2(C)C1CCCCCO.CC. The van der Waals surface area contributed by atoms with Gasteiger partial charge in [0.1, 0.15) is 0 Å². The fourth-order valence-electron chi connectivity index (χ4n) is 5.04. The molecule has 1 nitrogen and oxygen atoms in total. The van der Waals surface area contributed by atoms with Gasteiger partial charge in [-0.15, -0.1) is 0 Å². The van der Waals surface area contributed by atoms with Crippen molar-refractivity contribution in [3.05, 3.63) is 12.2 Å². The molecule has 0 amide bonds. The molecule has 4 atom stereocenters. The number of allylic oxidation sites excluding steroid dienone is 1. The Morgan fingerprint density at radius 1 is 1.19 bits per heavy atom. The highest BCUT2D eigenvalue weighted by molar-refractivity contribution is 5.14. The first-order chi connectivity index (χ1) is 10.1. The van der Waals surface area contributed by atoms with E-state index < -0.39 is 0 Å². The minimum atomic E-state index is 0.350. The van der Waals surface area contributed by atoms with Crippen LogP contribution in [0.3, 0.4) is 0 Å². The maximum Gasteiger partial charge on any atom is 0.0431 e. The van der Waals surface area contributed by atoms with Crippen LogP contribution in [0.2, 0.25) is 0 Å². The first kappa shape index (κ1) is 18.7. The van der Waals surface area contributed by atoms with E-state index in [0.717, 1.165) is 24.2 Å². The summed E-state index contributed by atoms with van der Waals surface area (Å²) in [5.41, 5.74) is 2.04. The van der Waals surface area contributed by atoms with Gasteiger partial charge in [0.15, 0.2) is 0 Å². The molecule has 2 saturated carbocycles. The predicted octanol–water partition coefficient (Wildman–Crippen LogP) is 5.97. The van der Waals surface area contributed by atoms with Crippen LogP contribution < -0.4 is 0 Å². The smallest absolute Gasteiger partial charge is 0.0431 e. The van der Waals surface area contributed by atoms with Crippen molar-refractivity contribution in [1.29, 1.82) is 0 Å². The first-order valence-corrected chi connectivity index (χ1v) is 9.38. The Labute approximate surface area is 133 Å². The molecule has 0 radical (unpaired) electrons. The molecule has 0 saturated heterocycles. The summed E-state index contributed by atoms with van der Waals surface area (Å²) in [7, 11) is 0. The highest BCUT2D eigenvalue weighted by Crippen LogP contribution is 2.57. The molecule has 2 aliphatic rings. The Balaban J connectivity index is 0.00000106. The number of fused-ring (bicyclic) bond motifs is 1. The maximum atomic E-state index is 8.91. The Bertz CT molecular complexity index is 309. The molecule has 1 heteroatoms. The van der Waals surface area contributed by atoms with Gasteiger partial charge in [-0.25, -0.2) is 0 Å². The molecule has 0 spiro atoms. The van der Waals surface area contributed by atoms with Crippen LogP contribution in [0, 0.1) is 23.2 Å². The zero-order valence-corrected chi connectivity index (χ0v) is 15.0. The lowest BCUT2D eigenvalue weighted by Crippen LogP contribution is -2.45. The Hall–Kier alpha value is -0.300.